The second-order valence-corrected chi connectivity index (χ2v) is 9.24. The molecule has 0 aromatic carbocycles. The summed E-state index contributed by atoms with van der Waals surface area (Å²) in [6.45, 7) is 6.14. The lowest BCUT2D eigenvalue weighted by atomic mass is 9.88. The number of hydrogen-bond acceptors (Lipinski definition) is 4. The van der Waals surface area contributed by atoms with Crippen molar-refractivity contribution in [2.45, 2.75) is 31.0 Å². The molecular weight excluding hydrogens is 324 g/mol. The summed E-state index contributed by atoms with van der Waals surface area (Å²) in [6.07, 6.45) is 0. The first-order valence-corrected chi connectivity index (χ1v) is 8.24. The smallest absolute Gasteiger partial charge is 0.250 e. The normalized spacial score (nSPS) is 14.9. The van der Waals surface area contributed by atoms with E-state index in [0.717, 1.165) is 3.79 Å². The number of nitrogens with two attached hydrogens (primary N) is 1. The maximum atomic E-state index is 12.1. The zero-order valence-corrected chi connectivity index (χ0v) is 13.2. The quantitative estimate of drug-likeness (QED) is 0.882. The summed E-state index contributed by atoms with van der Waals surface area (Å²) in [5.74, 6) is 0. The van der Waals surface area contributed by atoms with Gasteiger partial charge in [0, 0.05) is 12.6 Å². The van der Waals surface area contributed by atoms with Gasteiger partial charge >= 0.3 is 0 Å². The summed E-state index contributed by atoms with van der Waals surface area (Å²) in [4.78, 5) is 0. The van der Waals surface area contributed by atoms with Crippen LogP contribution >= 0.6 is 27.3 Å². The van der Waals surface area contributed by atoms with E-state index in [1.807, 2.05) is 20.8 Å². The highest BCUT2D eigenvalue weighted by Gasteiger charge is 2.29. The van der Waals surface area contributed by atoms with Crippen molar-refractivity contribution in [3.05, 3.63) is 15.9 Å². The fourth-order valence-corrected chi connectivity index (χ4v) is 4.75. The third kappa shape index (κ3) is 4.03. The molecule has 3 N–H and O–H groups in total. The van der Waals surface area contributed by atoms with Gasteiger partial charge < -0.3 is 5.73 Å². The molecule has 0 radical (unpaired) electrons. The lowest BCUT2D eigenvalue weighted by molar-refractivity contribution is 0.304. The molecule has 0 aliphatic heterocycles. The van der Waals surface area contributed by atoms with E-state index in [0.29, 0.717) is 4.21 Å². The zero-order valence-electron chi connectivity index (χ0n) is 10.0. The van der Waals surface area contributed by atoms with Gasteiger partial charge in [-0.1, -0.05) is 20.8 Å². The summed E-state index contributed by atoms with van der Waals surface area (Å²) in [6, 6.07) is 3.01. The van der Waals surface area contributed by atoms with Crippen LogP contribution in [0.5, 0.6) is 0 Å². The Hall–Kier alpha value is 0.0500. The Labute approximate surface area is 115 Å². The van der Waals surface area contributed by atoms with Crippen molar-refractivity contribution in [3.8, 4) is 0 Å². The van der Waals surface area contributed by atoms with Crippen LogP contribution in [-0.2, 0) is 10.0 Å². The average Bonchev–Trinajstić information content (AvgIpc) is 2.60. The summed E-state index contributed by atoms with van der Waals surface area (Å²) >= 11 is 4.43. The van der Waals surface area contributed by atoms with Crippen molar-refractivity contribution in [3.63, 3.8) is 0 Å². The van der Waals surface area contributed by atoms with Crippen LogP contribution in [0.1, 0.15) is 20.8 Å². The molecule has 1 aromatic rings. The van der Waals surface area contributed by atoms with Gasteiger partial charge in [0.1, 0.15) is 4.21 Å². The first-order chi connectivity index (χ1) is 7.66. The molecule has 0 amide bonds. The number of nitrogens with one attached hydrogen (secondary N) is 1. The first kappa shape index (κ1) is 15.1. The number of halogens is 1. The second-order valence-electron chi connectivity index (χ2n) is 4.83. The largest absolute Gasteiger partial charge is 0.329 e. The van der Waals surface area contributed by atoms with Crippen LogP contribution in [0.25, 0.3) is 0 Å². The standard InChI is InChI=1S/C10H17BrN2O2S2/c1-10(2,3)7(6-12)13-17(14,15)9-5-4-8(11)16-9/h4-5,7,13H,6,12H2,1-3H3. The number of sulfonamides is 1. The average molecular weight is 341 g/mol. The molecule has 1 aromatic heterocycles. The van der Waals surface area contributed by atoms with E-state index in [9.17, 15) is 8.42 Å². The molecule has 17 heavy (non-hydrogen) atoms. The number of hydrogen-bond donors (Lipinski definition) is 2. The molecule has 0 spiro atoms. The van der Waals surface area contributed by atoms with Gasteiger partial charge in [0.05, 0.1) is 3.79 Å². The van der Waals surface area contributed by atoms with Gasteiger partial charge in [0.25, 0.3) is 0 Å². The molecule has 0 aliphatic rings. The fourth-order valence-electron chi connectivity index (χ4n) is 1.27. The SMILES string of the molecule is CC(C)(C)C(CN)NS(=O)(=O)c1ccc(Br)s1. The third-order valence-corrected chi connectivity index (χ3v) is 5.98. The van der Waals surface area contributed by atoms with Crippen LogP contribution in [0.2, 0.25) is 0 Å². The zero-order chi connectivity index (χ0) is 13.3. The third-order valence-electron chi connectivity index (χ3n) is 2.39. The monoisotopic (exact) mass is 340 g/mol. The van der Waals surface area contributed by atoms with Crippen LogP contribution < -0.4 is 10.5 Å². The van der Waals surface area contributed by atoms with E-state index in [-0.39, 0.29) is 18.0 Å². The van der Waals surface area contributed by atoms with Crippen molar-refractivity contribution >= 4 is 37.3 Å². The van der Waals surface area contributed by atoms with E-state index in [1.165, 1.54) is 11.3 Å². The van der Waals surface area contributed by atoms with Crippen molar-refractivity contribution in [2.75, 3.05) is 6.54 Å². The predicted octanol–water partition coefficient (Wildman–Crippen LogP) is 2.16. The summed E-state index contributed by atoms with van der Waals surface area (Å²) in [7, 11) is -3.48. The molecular formula is C10H17BrN2O2S2. The fraction of sp³-hybridized carbons (Fsp3) is 0.600. The molecule has 1 atom stereocenters. The Balaban J connectivity index is 2.94. The highest BCUT2D eigenvalue weighted by Crippen LogP contribution is 2.27. The van der Waals surface area contributed by atoms with Gasteiger partial charge in [-0.25, -0.2) is 13.1 Å². The molecule has 0 fully saturated rings. The minimum absolute atomic E-state index is 0.212. The van der Waals surface area contributed by atoms with Crippen molar-refractivity contribution < 1.29 is 8.42 Å². The van der Waals surface area contributed by atoms with Crippen LogP contribution in [0, 0.1) is 5.41 Å². The lowest BCUT2D eigenvalue weighted by Crippen LogP contribution is -2.48. The van der Waals surface area contributed by atoms with Crippen molar-refractivity contribution in [1.82, 2.24) is 4.72 Å². The topological polar surface area (TPSA) is 72.2 Å². The molecule has 0 bridgehead atoms. The van der Waals surface area contributed by atoms with Gasteiger partial charge in [-0.2, -0.15) is 0 Å². The van der Waals surface area contributed by atoms with Gasteiger partial charge in [-0.15, -0.1) is 11.3 Å². The van der Waals surface area contributed by atoms with Crippen LogP contribution in [0.15, 0.2) is 20.1 Å². The molecule has 98 valence electrons. The Morgan fingerprint density at radius 2 is 2.06 bits per heavy atom. The molecule has 1 rings (SSSR count). The number of rotatable bonds is 4. The minimum atomic E-state index is -3.48. The summed E-state index contributed by atoms with van der Waals surface area (Å²) in [5.41, 5.74) is 5.40. The molecule has 0 saturated carbocycles. The summed E-state index contributed by atoms with van der Waals surface area (Å²) < 4.78 is 27.9. The Kier molecular flexibility index (Phi) is 4.76. The van der Waals surface area contributed by atoms with E-state index >= 15 is 0 Å². The Morgan fingerprint density at radius 1 is 1.47 bits per heavy atom. The Morgan fingerprint density at radius 3 is 2.41 bits per heavy atom. The molecule has 1 unspecified atom stereocenters. The van der Waals surface area contributed by atoms with Crippen LogP contribution in [-0.4, -0.2) is 21.0 Å². The van der Waals surface area contributed by atoms with Gasteiger partial charge in [0.15, 0.2) is 0 Å². The van der Waals surface area contributed by atoms with E-state index in [4.69, 9.17) is 5.73 Å². The van der Waals surface area contributed by atoms with E-state index in [1.54, 1.807) is 12.1 Å². The maximum Gasteiger partial charge on any atom is 0.250 e. The van der Waals surface area contributed by atoms with Crippen LogP contribution in [0.4, 0.5) is 0 Å². The minimum Gasteiger partial charge on any atom is -0.329 e. The second kappa shape index (κ2) is 5.36. The first-order valence-electron chi connectivity index (χ1n) is 5.14. The van der Waals surface area contributed by atoms with E-state index < -0.39 is 10.0 Å². The lowest BCUT2D eigenvalue weighted by Gasteiger charge is -2.29. The van der Waals surface area contributed by atoms with Crippen molar-refractivity contribution in [2.24, 2.45) is 11.1 Å². The van der Waals surface area contributed by atoms with Gasteiger partial charge in [-0.05, 0) is 33.5 Å². The van der Waals surface area contributed by atoms with Crippen molar-refractivity contribution in [1.29, 1.82) is 0 Å². The molecule has 0 saturated heterocycles. The Bertz CT molecular complexity index is 477. The highest BCUT2D eigenvalue weighted by atomic mass is 79.9. The molecule has 0 aliphatic carbocycles. The van der Waals surface area contributed by atoms with Crippen LogP contribution in [0.3, 0.4) is 0 Å². The maximum absolute atomic E-state index is 12.1. The van der Waals surface area contributed by atoms with Gasteiger partial charge in [-0.3, -0.25) is 0 Å². The summed E-state index contributed by atoms with van der Waals surface area (Å²) in [5, 5.41) is 0. The number of thiophene rings is 1. The molecule has 7 heteroatoms. The van der Waals surface area contributed by atoms with E-state index in [2.05, 4.69) is 20.7 Å². The predicted molar refractivity (Wildman–Crippen MR) is 74.6 cm³/mol. The molecule has 4 nitrogen and oxygen atoms in total. The highest BCUT2D eigenvalue weighted by molar-refractivity contribution is 9.11. The molecule has 1 heterocycles. The van der Waals surface area contributed by atoms with Gasteiger partial charge in [0.2, 0.25) is 10.0 Å².